The highest BCUT2D eigenvalue weighted by molar-refractivity contribution is 5.78. The van der Waals surface area contributed by atoms with Crippen LogP contribution in [0.15, 0.2) is 41.5 Å². The first kappa shape index (κ1) is 16.5. The molecule has 7 nitrogen and oxygen atoms in total. The Labute approximate surface area is 122 Å². The molecule has 7 heteroatoms. The highest BCUT2D eigenvalue weighted by Gasteiger charge is 2.09. The summed E-state index contributed by atoms with van der Waals surface area (Å²) in [5.74, 6) is -0.987. The predicted octanol–water partition coefficient (Wildman–Crippen LogP) is 0.620. The van der Waals surface area contributed by atoms with Crippen LogP contribution in [0.2, 0.25) is 0 Å². The van der Waals surface area contributed by atoms with Gasteiger partial charge < -0.3 is 27.3 Å². The molecule has 8 N–H and O–H groups in total. The molecule has 0 aliphatic rings. The Hall–Kier alpha value is -2.54. The van der Waals surface area contributed by atoms with Crippen LogP contribution in [0.1, 0.15) is 12.8 Å². The molecule has 1 atom stereocenters. The summed E-state index contributed by atoms with van der Waals surface area (Å²) in [6.07, 6.45) is 2.90. The fourth-order valence-electron chi connectivity index (χ4n) is 1.64. The number of carboxylic acid groups (broad SMARTS) is 1. The van der Waals surface area contributed by atoms with Crippen molar-refractivity contribution < 1.29 is 9.90 Å². The summed E-state index contributed by atoms with van der Waals surface area (Å²) < 4.78 is 0. The van der Waals surface area contributed by atoms with Gasteiger partial charge in [0.25, 0.3) is 0 Å². The van der Waals surface area contributed by atoms with E-state index in [1.54, 1.807) is 0 Å². The summed E-state index contributed by atoms with van der Waals surface area (Å²) in [5.41, 5.74) is 16.5. The zero-order chi connectivity index (χ0) is 15.7. The molecule has 0 aliphatic heterocycles. The summed E-state index contributed by atoms with van der Waals surface area (Å²) in [6.45, 7) is 0.420. The van der Waals surface area contributed by atoms with E-state index in [-0.39, 0.29) is 5.96 Å². The molecule has 0 saturated carbocycles. The van der Waals surface area contributed by atoms with Gasteiger partial charge in [0.2, 0.25) is 0 Å². The average molecular weight is 291 g/mol. The third-order valence-corrected chi connectivity index (χ3v) is 2.75. The number of carbonyl (C=O) groups is 1. The van der Waals surface area contributed by atoms with Gasteiger partial charge in [-0.15, -0.1) is 0 Å². The zero-order valence-electron chi connectivity index (χ0n) is 11.7. The molecule has 0 saturated heterocycles. The van der Waals surface area contributed by atoms with Crippen molar-refractivity contribution in [3.63, 3.8) is 0 Å². The number of nitrogens with two attached hydrogens (primary N) is 3. The van der Waals surface area contributed by atoms with Gasteiger partial charge in [-0.3, -0.25) is 9.79 Å². The van der Waals surface area contributed by atoms with Gasteiger partial charge in [-0.1, -0.05) is 18.2 Å². The minimum Gasteiger partial charge on any atom is -0.480 e. The third kappa shape index (κ3) is 6.44. The maximum atomic E-state index is 10.2. The first-order valence-corrected chi connectivity index (χ1v) is 6.56. The fourth-order valence-corrected chi connectivity index (χ4v) is 1.64. The lowest BCUT2D eigenvalue weighted by Crippen LogP contribution is -2.30. The number of nitrogens with zero attached hydrogens (tertiary/aromatic N) is 1. The Morgan fingerprint density at radius 1 is 1.29 bits per heavy atom. The van der Waals surface area contributed by atoms with E-state index >= 15 is 0 Å². The highest BCUT2D eigenvalue weighted by atomic mass is 16.4. The molecule has 0 spiro atoms. The molecule has 0 fully saturated rings. The number of benzene rings is 1. The SMILES string of the molecule is NC(N)=NCCCC(N)C(=O)O.c1ccc2[nH]ccc2c1. The number of aliphatic carboxylic acids is 1. The number of aromatic nitrogens is 1. The van der Waals surface area contributed by atoms with E-state index in [0.29, 0.717) is 19.4 Å². The molecule has 1 aromatic heterocycles. The second-order valence-electron chi connectivity index (χ2n) is 4.46. The standard InChI is InChI=1S/C8H7N.C6H14N4O2/c1-2-4-8-7(3-1)5-6-9-8;7-4(5(11)12)2-1-3-10-6(8)9/h1-6,9H;4H,1-3,7H2,(H,11,12)(H4,8,9,10). The van der Waals surface area contributed by atoms with Crippen molar-refractivity contribution >= 4 is 22.8 Å². The molecule has 0 amide bonds. The van der Waals surface area contributed by atoms with Crippen molar-refractivity contribution in [2.75, 3.05) is 6.54 Å². The van der Waals surface area contributed by atoms with E-state index in [9.17, 15) is 4.79 Å². The smallest absolute Gasteiger partial charge is 0.320 e. The third-order valence-electron chi connectivity index (χ3n) is 2.75. The van der Waals surface area contributed by atoms with E-state index in [1.807, 2.05) is 18.3 Å². The molecule has 1 aromatic carbocycles. The average Bonchev–Trinajstić information content (AvgIpc) is 2.92. The zero-order valence-corrected chi connectivity index (χ0v) is 11.7. The molecule has 0 bridgehead atoms. The first-order valence-electron chi connectivity index (χ1n) is 6.56. The molecule has 21 heavy (non-hydrogen) atoms. The van der Waals surface area contributed by atoms with E-state index in [1.165, 1.54) is 10.9 Å². The lowest BCUT2D eigenvalue weighted by Gasteiger charge is -2.03. The molecule has 114 valence electrons. The number of carboxylic acids is 1. The topological polar surface area (TPSA) is 144 Å². The number of nitrogens with one attached hydrogen (secondary N) is 1. The van der Waals surface area contributed by atoms with Crippen LogP contribution in [0.3, 0.4) is 0 Å². The second kappa shape index (κ2) is 8.60. The van der Waals surface area contributed by atoms with Crippen molar-refractivity contribution in [3.05, 3.63) is 36.5 Å². The van der Waals surface area contributed by atoms with Crippen LogP contribution in [-0.4, -0.2) is 34.6 Å². The Balaban J connectivity index is 0.000000216. The van der Waals surface area contributed by atoms with Crippen LogP contribution in [0.5, 0.6) is 0 Å². The Morgan fingerprint density at radius 2 is 2.00 bits per heavy atom. The van der Waals surface area contributed by atoms with Crippen LogP contribution < -0.4 is 17.2 Å². The van der Waals surface area contributed by atoms with Gasteiger partial charge in [0, 0.05) is 18.3 Å². The van der Waals surface area contributed by atoms with Gasteiger partial charge >= 0.3 is 5.97 Å². The minimum atomic E-state index is -1.00. The lowest BCUT2D eigenvalue weighted by atomic mass is 10.2. The number of H-pyrrole nitrogens is 1. The summed E-state index contributed by atoms with van der Waals surface area (Å²) in [7, 11) is 0. The van der Waals surface area contributed by atoms with Crippen LogP contribution in [-0.2, 0) is 4.79 Å². The second-order valence-corrected chi connectivity index (χ2v) is 4.46. The monoisotopic (exact) mass is 291 g/mol. The molecule has 1 unspecified atom stereocenters. The van der Waals surface area contributed by atoms with E-state index in [0.717, 1.165) is 0 Å². The Kier molecular flexibility index (Phi) is 6.76. The summed E-state index contributed by atoms with van der Waals surface area (Å²) in [4.78, 5) is 17.0. The van der Waals surface area contributed by atoms with Crippen LogP contribution >= 0.6 is 0 Å². The molecular formula is C14H21N5O2. The normalized spacial score (nSPS) is 11.3. The Morgan fingerprint density at radius 3 is 2.62 bits per heavy atom. The van der Waals surface area contributed by atoms with E-state index in [4.69, 9.17) is 22.3 Å². The number of hydrogen-bond donors (Lipinski definition) is 5. The number of hydrogen-bond acceptors (Lipinski definition) is 3. The van der Waals surface area contributed by atoms with Gasteiger partial charge in [-0.25, -0.2) is 0 Å². The van der Waals surface area contributed by atoms with E-state index < -0.39 is 12.0 Å². The van der Waals surface area contributed by atoms with Crippen molar-refractivity contribution in [2.45, 2.75) is 18.9 Å². The van der Waals surface area contributed by atoms with Gasteiger partial charge in [-0.2, -0.15) is 0 Å². The van der Waals surface area contributed by atoms with Gasteiger partial charge in [0.1, 0.15) is 6.04 Å². The van der Waals surface area contributed by atoms with Crippen LogP contribution in [0.4, 0.5) is 0 Å². The first-order chi connectivity index (χ1) is 10.0. The number of fused-ring (bicyclic) bond motifs is 1. The van der Waals surface area contributed by atoms with Gasteiger partial charge in [0.15, 0.2) is 5.96 Å². The van der Waals surface area contributed by atoms with Crippen molar-refractivity contribution in [1.29, 1.82) is 0 Å². The predicted molar refractivity (Wildman–Crippen MR) is 83.8 cm³/mol. The van der Waals surface area contributed by atoms with Crippen molar-refractivity contribution in [3.8, 4) is 0 Å². The number of guanidine groups is 1. The highest BCUT2D eigenvalue weighted by Crippen LogP contribution is 2.09. The Bertz CT molecular complexity index is 560. The number of aromatic amines is 1. The van der Waals surface area contributed by atoms with Gasteiger partial charge in [0.05, 0.1) is 0 Å². The molecule has 2 rings (SSSR count). The quantitative estimate of drug-likeness (QED) is 0.311. The number of para-hydroxylation sites is 1. The maximum absolute atomic E-state index is 10.2. The van der Waals surface area contributed by atoms with E-state index in [2.05, 4.69) is 28.2 Å². The fraction of sp³-hybridized carbons (Fsp3) is 0.286. The molecular weight excluding hydrogens is 270 g/mol. The summed E-state index contributed by atoms with van der Waals surface area (Å²) in [6, 6.07) is 9.46. The van der Waals surface area contributed by atoms with Crippen LogP contribution in [0, 0.1) is 0 Å². The summed E-state index contributed by atoms with van der Waals surface area (Å²) >= 11 is 0. The lowest BCUT2D eigenvalue weighted by molar-refractivity contribution is -0.138. The molecule has 0 radical (unpaired) electrons. The van der Waals surface area contributed by atoms with Crippen molar-refractivity contribution in [2.24, 2.45) is 22.2 Å². The van der Waals surface area contributed by atoms with Crippen molar-refractivity contribution in [1.82, 2.24) is 4.98 Å². The number of aliphatic imine (C=N–C) groups is 1. The summed E-state index contributed by atoms with van der Waals surface area (Å²) in [5, 5.41) is 9.66. The minimum absolute atomic E-state index is 0.0129. The molecule has 2 aromatic rings. The maximum Gasteiger partial charge on any atom is 0.320 e. The molecule has 0 aliphatic carbocycles. The largest absolute Gasteiger partial charge is 0.480 e. The van der Waals surface area contributed by atoms with Crippen LogP contribution in [0.25, 0.3) is 10.9 Å². The molecule has 1 heterocycles. The van der Waals surface area contributed by atoms with Gasteiger partial charge in [-0.05, 0) is 30.4 Å². The number of rotatable bonds is 5.